The minimum atomic E-state index is -0.492. The topological polar surface area (TPSA) is 68.7 Å². The van der Waals surface area contributed by atoms with E-state index < -0.39 is 11.9 Å². The quantitative estimate of drug-likeness (QED) is 0.527. The highest BCUT2D eigenvalue weighted by atomic mass is 32.1. The molecule has 0 atom stereocenters. The van der Waals surface area contributed by atoms with E-state index in [2.05, 4.69) is 9.72 Å². The van der Waals surface area contributed by atoms with Gasteiger partial charge in [-0.2, -0.15) is 0 Å². The fourth-order valence-electron chi connectivity index (χ4n) is 2.17. The number of nitrogens with zero attached hydrogens (tertiary/aromatic N) is 2. The van der Waals surface area contributed by atoms with Crippen molar-refractivity contribution in [2.75, 3.05) is 26.1 Å². The van der Waals surface area contributed by atoms with Gasteiger partial charge in [0.1, 0.15) is 5.75 Å². The first-order chi connectivity index (χ1) is 12.0. The number of rotatable bonds is 4. The average molecular weight is 356 g/mol. The van der Waals surface area contributed by atoms with Crippen molar-refractivity contribution in [1.29, 1.82) is 0 Å². The van der Waals surface area contributed by atoms with Gasteiger partial charge in [-0.05, 0) is 36.4 Å². The lowest BCUT2D eigenvalue weighted by molar-refractivity contribution is 0.0599. The van der Waals surface area contributed by atoms with Crippen molar-refractivity contribution in [2.45, 2.75) is 0 Å². The van der Waals surface area contributed by atoms with Gasteiger partial charge in [-0.1, -0.05) is 11.3 Å². The van der Waals surface area contributed by atoms with Crippen LogP contribution in [0.5, 0.6) is 5.75 Å². The van der Waals surface area contributed by atoms with Crippen LogP contribution in [0.15, 0.2) is 42.5 Å². The minimum absolute atomic E-state index is 0.353. The van der Waals surface area contributed by atoms with E-state index in [0.717, 1.165) is 15.3 Å². The van der Waals surface area contributed by atoms with Gasteiger partial charge < -0.3 is 14.4 Å². The molecule has 0 aliphatic rings. The molecule has 0 saturated heterocycles. The summed E-state index contributed by atoms with van der Waals surface area (Å²) in [5.41, 5.74) is 1.59. The lowest BCUT2D eigenvalue weighted by atomic mass is 10.1. The molecule has 1 aromatic heterocycles. The van der Waals surface area contributed by atoms with Crippen molar-refractivity contribution < 1.29 is 19.1 Å². The molecule has 0 N–H and O–H groups in total. The maximum Gasteiger partial charge on any atom is 0.343 e. The molecule has 3 rings (SSSR count). The Hall–Kier alpha value is -2.93. The van der Waals surface area contributed by atoms with Crippen LogP contribution in [-0.2, 0) is 4.74 Å². The van der Waals surface area contributed by atoms with Gasteiger partial charge in [-0.25, -0.2) is 14.6 Å². The zero-order chi connectivity index (χ0) is 18.0. The predicted octanol–water partition coefficient (Wildman–Crippen LogP) is 3.37. The first-order valence-corrected chi connectivity index (χ1v) is 8.28. The number of anilines is 1. The Labute approximate surface area is 148 Å². The summed E-state index contributed by atoms with van der Waals surface area (Å²) in [6, 6.07) is 11.4. The number of hydrogen-bond donors (Lipinski definition) is 0. The molecule has 0 amide bonds. The molecule has 2 aromatic carbocycles. The van der Waals surface area contributed by atoms with E-state index in [1.807, 2.05) is 25.1 Å². The second-order valence-corrected chi connectivity index (χ2v) is 6.49. The Kier molecular flexibility index (Phi) is 4.67. The van der Waals surface area contributed by atoms with Crippen LogP contribution in [-0.4, -0.2) is 38.1 Å². The first-order valence-electron chi connectivity index (χ1n) is 7.46. The molecule has 0 bridgehead atoms. The highest BCUT2D eigenvalue weighted by Crippen LogP contribution is 2.30. The van der Waals surface area contributed by atoms with Gasteiger partial charge in [0.05, 0.1) is 28.5 Å². The molecule has 0 spiro atoms. The largest absolute Gasteiger partial charge is 0.465 e. The number of ether oxygens (including phenoxy) is 2. The Morgan fingerprint density at radius 3 is 2.24 bits per heavy atom. The molecule has 7 heteroatoms. The lowest BCUT2D eigenvalue weighted by Crippen LogP contribution is -2.09. The maximum absolute atomic E-state index is 12.3. The van der Waals surface area contributed by atoms with E-state index in [1.165, 1.54) is 42.7 Å². The van der Waals surface area contributed by atoms with Crippen molar-refractivity contribution >= 4 is 38.6 Å². The summed E-state index contributed by atoms with van der Waals surface area (Å²) in [6.45, 7) is 0. The van der Waals surface area contributed by atoms with Crippen LogP contribution in [0.3, 0.4) is 0 Å². The SMILES string of the molecule is COC(=O)c1ccc(C(=O)Oc2ccc3nc(N(C)C)sc3c2)cc1. The van der Waals surface area contributed by atoms with Crippen molar-refractivity contribution in [3.05, 3.63) is 53.6 Å². The van der Waals surface area contributed by atoms with Crippen molar-refractivity contribution in [1.82, 2.24) is 4.98 Å². The number of esters is 2. The second-order valence-electron chi connectivity index (χ2n) is 5.48. The van der Waals surface area contributed by atoms with Crippen LogP contribution in [0.4, 0.5) is 5.13 Å². The molecular weight excluding hydrogens is 340 g/mol. The van der Waals surface area contributed by atoms with E-state index in [-0.39, 0.29) is 0 Å². The maximum atomic E-state index is 12.3. The molecule has 0 unspecified atom stereocenters. The third-order valence-corrected chi connectivity index (χ3v) is 4.67. The third-order valence-electron chi connectivity index (χ3n) is 3.48. The highest BCUT2D eigenvalue weighted by Gasteiger charge is 2.12. The van der Waals surface area contributed by atoms with Gasteiger partial charge in [-0.3, -0.25) is 0 Å². The van der Waals surface area contributed by atoms with E-state index in [4.69, 9.17) is 4.74 Å². The highest BCUT2D eigenvalue weighted by molar-refractivity contribution is 7.22. The molecule has 0 fully saturated rings. The first kappa shape index (κ1) is 16.9. The van der Waals surface area contributed by atoms with E-state index in [1.54, 1.807) is 12.1 Å². The van der Waals surface area contributed by atoms with E-state index in [0.29, 0.717) is 16.9 Å². The summed E-state index contributed by atoms with van der Waals surface area (Å²) in [5, 5.41) is 0.886. The summed E-state index contributed by atoms with van der Waals surface area (Å²) >= 11 is 1.52. The van der Waals surface area contributed by atoms with Gasteiger partial charge in [0.15, 0.2) is 5.13 Å². The third kappa shape index (κ3) is 3.61. The molecule has 0 aliphatic heterocycles. The van der Waals surface area contributed by atoms with Crippen LogP contribution in [0, 0.1) is 0 Å². The number of methoxy groups -OCH3 is 1. The Bertz CT molecular complexity index is 932. The smallest absolute Gasteiger partial charge is 0.343 e. The van der Waals surface area contributed by atoms with Crippen LogP contribution < -0.4 is 9.64 Å². The lowest BCUT2D eigenvalue weighted by Gasteiger charge is -2.05. The summed E-state index contributed by atoms with van der Waals surface area (Å²) in [7, 11) is 5.16. The van der Waals surface area contributed by atoms with Gasteiger partial charge in [0.25, 0.3) is 0 Å². The number of aromatic nitrogens is 1. The van der Waals surface area contributed by atoms with E-state index >= 15 is 0 Å². The molecule has 25 heavy (non-hydrogen) atoms. The molecule has 6 nitrogen and oxygen atoms in total. The zero-order valence-corrected chi connectivity index (χ0v) is 14.8. The average Bonchev–Trinajstić information content (AvgIpc) is 3.05. The standard InChI is InChI=1S/C18H16N2O4S/c1-20(2)18-19-14-9-8-13(10-15(14)25-18)24-17(22)12-6-4-11(5-7-12)16(21)23-3/h4-10H,1-3H3. The Morgan fingerprint density at radius 1 is 1.00 bits per heavy atom. The summed E-state index contributed by atoms with van der Waals surface area (Å²) < 4.78 is 11.0. The minimum Gasteiger partial charge on any atom is -0.465 e. The van der Waals surface area contributed by atoms with Crippen LogP contribution in [0.1, 0.15) is 20.7 Å². The fraction of sp³-hybridized carbons (Fsp3) is 0.167. The van der Waals surface area contributed by atoms with Crippen LogP contribution in [0.2, 0.25) is 0 Å². The monoisotopic (exact) mass is 356 g/mol. The molecule has 0 saturated carbocycles. The zero-order valence-electron chi connectivity index (χ0n) is 14.0. The van der Waals surface area contributed by atoms with Crippen molar-refractivity contribution in [3.8, 4) is 5.75 Å². The number of carbonyl (C=O) groups is 2. The van der Waals surface area contributed by atoms with Crippen LogP contribution in [0.25, 0.3) is 10.2 Å². The van der Waals surface area contributed by atoms with Gasteiger partial charge in [-0.15, -0.1) is 0 Å². The summed E-state index contributed by atoms with van der Waals surface area (Å²) in [4.78, 5) is 30.1. The summed E-state index contributed by atoms with van der Waals surface area (Å²) in [5.74, 6) is -0.496. The summed E-state index contributed by atoms with van der Waals surface area (Å²) in [6.07, 6.45) is 0. The molecule has 0 radical (unpaired) electrons. The van der Waals surface area contributed by atoms with Gasteiger partial charge >= 0.3 is 11.9 Å². The number of hydrogen-bond acceptors (Lipinski definition) is 7. The fourth-order valence-corrected chi connectivity index (χ4v) is 3.09. The van der Waals surface area contributed by atoms with Crippen molar-refractivity contribution in [3.63, 3.8) is 0 Å². The predicted molar refractivity (Wildman–Crippen MR) is 96.7 cm³/mol. The second kappa shape index (κ2) is 6.90. The van der Waals surface area contributed by atoms with Crippen molar-refractivity contribution in [2.24, 2.45) is 0 Å². The van der Waals surface area contributed by atoms with Gasteiger partial charge in [0, 0.05) is 20.2 Å². The Balaban J connectivity index is 1.78. The molecule has 128 valence electrons. The molecular formula is C18H16N2O4S. The number of carbonyl (C=O) groups excluding carboxylic acids is 2. The van der Waals surface area contributed by atoms with Gasteiger partial charge in [0.2, 0.25) is 0 Å². The number of fused-ring (bicyclic) bond motifs is 1. The molecule has 3 aromatic rings. The molecule has 0 aliphatic carbocycles. The number of benzene rings is 2. The Morgan fingerprint density at radius 2 is 1.64 bits per heavy atom. The van der Waals surface area contributed by atoms with Crippen LogP contribution >= 0.6 is 11.3 Å². The van der Waals surface area contributed by atoms with E-state index in [9.17, 15) is 9.59 Å². The molecule has 1 heterocycles. The normalized spacial score (nSPS) is 10.5. The number of thiazole rings is 1.